The smallest absolute Gasteiger partial charge is 0.188 e. The summed E-state index contributed by atoms with van der Waals surface area (Å²) in [5, 5.41) is 22.1. The quantitative estimate of drug-likeness (QED) is 0.566. The van der Waals surface area contributed by atoms with Gasteiger partial charge in [0.2, 0.25) is 0 Å². The number of ketones is 1. The van der Waals surface area contributed by atoms with Crippen molar-refractivity contribution in [3.8, 4) is 0 Å². The van der Waals surface area contributed by atoms with Gasteiger partial charge in [-0.2, -0.15) is 0 Å². The predicted molar refractivity (Wildman–Crippen MR) is 93.6 cm³/mol. The molecular weight excluding hydrogens is 316 g/mol. The first kappa shape index (κ1) is 17.2. The second-order valence-corrected chi connectivity index (χ2v) is 9.37. The van der Waals surface area contributed by atoms with Gasteiger partial charge in [0.15, 0.2) is 12.1 Å². The molecule has 0 aromatic rings. The summed E-state index contributed by atoms with van der Waals surface area (Å²) < 4.78 is 0. The van der Waals surface area contributed by atoms with Crippen LogP contribution in [0.4, 0.5) is 0 Å². The molecule has 0 amide bonds. The SMILES string of the molecule is C[C@@]12C=C(C=O)C(=O)C=C1CC[C@H]1[C@H]2[C@@H](O)C[C@]2(C)[C@@H]1CC[C@@]2(C)O. The molecule has 0 aromatic heterocycles. The van der Waals surface area contributed by atoms with Crippen LogP contribution in [0.2, 0.25) is 0 Å². The van der Waals surface area contributed by atoms with Gasteiger partial charge in [0, 0.05) is 16.7 Å². The predicted octanol–water partition coefficient (Wildman–Crippen LogP) is 2.59. The molecule has 3 saturated carbocycles. The lowest BCUT2D eigenvalue weighted by molar-refractivity contribution is -0.158. The average Bonchev–Trinajstić information content (AvgIpc) is 2.76. The molecule has 136 valence electrons. The Morgan fingerprint density at radius 2 is 1.96 bits per heavy atom. The maximum Gasteiger partial charge on any atom is 0.188 e. The molecule has 0 radical (unpaired) electrons. The Morgan fingerprint density at radius 1 is 1.24 bits per heavy atom. The number of aldehydes is 1. The molecule has 0 saturated heterocycles. The maximum absolute atomic E-state index is 12.1. The van der Waals surface area contributed by atoms with Crippen molar-refractivity contribution in [2.24, 2.45) is 28.6 Å². The molecule has 3 fully saturated rings. The molecule has 0 aliphatic heterocycles. The molecule has 4 heteroatoms. The van der Waals surface area contributed by atoms with Gasteiger partial charge in [-0.05, 0) is 56.9 Å². The number of carbonyl (C=O) groups is 2. The van der Waals surface area contributed by atoms with Crippen LogP contribution in [0.15, 0.2) is 23.3 Å². The van der Waals surface area contributed by atoms with Gasteiger partial charge in [-0.3, -0.25) is 9.59 Å². The molecule has 0 heterocycles. The second kappa shape index (κ2) is 5.14. The lowest BCUT2D eigenvalue weighted by atomic mass is 9.46. The molecule has 4 aliphatic carbocycles. The highest BCUT2D eigenvalue weighted by Crippen LogP contribution is 2.66. The zero-order chi connectivity index (χ0) is 18.2. The summed E-state index contributed by atoms with van der Waals surface area (Å²) >= 11 is 0. The van der Waals surface area contributed by atoms with Crippen LogP contribution in [-0.4, -0.2) is 34.0 Å². The molecule has 2 N–H and O–H groups in total. The van der Waals surface area contributed by atoms with Gasteiger partial charge in [0.1, 0.15) is 0 Å². The van der Waals surface area contributed by atoms with Crippen molar-refractivity contribution in [2.45, 2.75) is 64.6 Å². The maximum atomic E-state index is 12.1. The molecule has 0 aromatic carbocycles. The molecule has 0 spiro atoms. The van der Waals surface area contributed by atoms with Crippen LogP contribution in [0.5, 0.6) is 0 Å². The fraction of sp³-hybridized carbons (Fsp3) is 0.714. The number of hydrogen-bond donors (Lipinski definition) is 2. The van der Waals surface area contributed by atoms with E-state index in [1.165, 1.54) is 0 Å². The van der Waals surface area contributed by atoms with E-state index in [1.54, 1.807) is 6.08 Å². The third-order valence-corrected chi connectivity index (χ3v) is 8.32. The number of aliphatic hydroxyl groups excluding tert-OH is 1. The Kier molecular flexibility index (Phi) is 3.53. The van der Waals surface area contributed by atoms with Crippen LogP contribution in [0.3, 0.4) is 0 Å². The van der Waals surface area contributed by atoms with Crippen molar-refractivity contribution in [1.82, 2.24) is 0 Å². The first-order valence-electron chi connectivity index (χ1n) is 9.48. The molecular formula is C21H28O4. The molecule has 7 atom stereocenters. The van der Waals surface area contributed by atoms with Crippen LogP contribution in [0.25, 0.3) is 0 Å². The first-order chi connectivity index (χ1) is 11.6. The van der Waals surface area contributed by atoms with E-state index in [2.05, 4.69) is 13.8 Å². The van der Waals surface area contributed by atoms with E-state index in [0.29, 0.717) is 24.5 Å². The number of aliphatic hydroxyl groups is 2. The van der Waals surface area contributed by atoms with Crippen molar-refractivity contribution in [1.29, 1.82) is 0 Å². The highest BCUT2D eigenvalue weighted by Gasteiger charge is 2.64. The van der Waals surface area contributed by atoms with E-state index < -0.39 is 17.1 Å². The Labute approximate surface area is 149 Å². The number of fused-ring (bicyclic) bond motifs is 5. The van der Waals surface area contributed by atoms with Gasteiger partial charge in [-0.25, -0.2) is 0 Å². The largest absolute Gasteiger partial charge is 0.393 e. The molecule has 0 bridgehead atoms. The zero-order valence-electron chi connectivity index (χ0n) is 15.3. The minimum absolute atomic E-state index is 0.00234. The monoisotopic (exact) mass is 344 g/mol. The Morgan fingerprint density at radius 3 is 2.64 bits per heavy atom. The normalized spacial score (nSPS) is 51.8. The van der Waals surface area contributed by atoms with Crippen molar-refractivity contribution in [3.63, 3.8) is 0 Å². The van der Waals surface area contributed by atoms with Crippen LogP contribution in [0.1, 0.15) is 52.9 Å². The topological polar surface area (TPSA) is 74.6 Å². The van der Waals surface area contributed by atoms with E-state index in [0.717, 1.165) is 31.3 Å². The average molecular weight is 344 g/mol. The van der Waals surface area contributed by atoms with Gasteiger partial charge < -0.3 is 10.2 Å². The molecule has 4 nitrogen and oxygen atoms in total. The summed E-state index contributed by atoms with van der Waals surface area (Å²) in [5.74, 6) is 0.476. The van der Waals surface area contributed by atoms with E-state index in [1.807, 2.05) is 13.0 Å². The Balaban J connectivity index is 1.79. The lowest BCUT2D eigenvalue weighted by Gasteiger charge is -2.59. The van der Waals surface area contributed by atoms with Crippen LogP contribution < -0.4 is 0 Å². The number of rotatable bonds is 1. The Hall–Kier alpha value is -1.26. The minimum atomic E-state index is -0.743. The van der Waals surface area contributed by atoms with Crippen LogP contribution >= 0.6 is 0 Å². The summed E-state index contributed by atoms with van der Waals surface area (Å²) in [6.07, 6.45) is 7.65. The molecule has 0 unspecified atom stereocenters. The highest BCUT2D eigenvalue weighted by atomic mass is 16.3. The summed E-state index contributed by atoms with van der Waals surface area (Å²) in [5.41, 5.74) is -0.190. The van der Waals surface area contributed by atoms with E-state index >= 15 is 0 Å². The summed E-state index contributed by atoms with van der Waals surface area (Å²) in [6.45, 7) is 6.12. The van der Waals surface area contributed by atoms with Gasteiger partial charge in [-0.1, -0.05) is 25.5 Å². The highest BCUT2D eigenvalue weighted by molar-refractivity contribution is 6.18. The summed E-state index contributed by atoms with van der Waals surface area (Å²) in [6, 6.07) is 0. The molecule has 4 rings (SSSR count). The minimum Gasteiger partial charge on any atom is -0.393 e. The van der Waals surface area contributed by atoms with Crippen LogP contribution in [-0.2, 0) is 9.59 Å². The van der Waals surface area contributed by atoms with E-state index in [-0.39, 0.29) is 22.7 Å². The Bertz CT molecular complexity index is 703. The number of carbonyl (C=O) groups excluding carboxylic acids is 2. The molecule has 25 heavy (non-hydrogen) atoms. The van der Waals surface area contributed by atoms with E-state index in [4.69, 9.17) is 0 Å². The van der Waals surface area contributed by atoms with Gasteiger partial charge in [-0.15, -0.1) is 0 Å². The standard InChI is InChI=1S/C21H28O4/c1-19-9-12(11-22)16(23)8-13(19)4-5-14-15-6-7-21(3,25)20(15,2)10-17(24)18(14)19/h8-9,11,14-15,17-18,24-25H,4-7,10H2,1-3H3/t14-,15-,17+,18+,19-,20-,21-/m1/s1. The summed E-state index contributed by atoms with van der Waals surface area (Å²) in [7, 11) is 0. The second-order valence-electron chi connectivity index (χ2n) is 9.37. The van der Waals surface area contributed by atoms with Gasteiger partial charge in [0.25, 0.3) is 0 Å². The van der Waals surface area contributed by atoms with Crippen molar-refractivity contribution in [3.05, 3.63) is 23.3 Å². The third-order valence-electron chi connectivity index (χ3n) is 8.32. The van der Waals surface area contributed by atoms with E-state index in [9.17, 15) is 19.8 Å². The van der Waals surface area contributed by atoms with Gasteiger partial charge >= 0.3 is 0 Å². The van der Waals surface area contributed by atoms with Crippen molar-refractivity contribution < 1.29 is 19.8 Å². The summed E-state index contributed by atoms with van der Waals surface area (Å²) in [4.78, 5) is 23.4. The fourth-order valence-corrected chi connectivity index (χ4v) is 6.77. The lowest BCUT2D eigenvalue weighted by Crippen LogP contribution is -2.58. The zero-order valence-corrected chi connectivity index (χ0v) is 15.3. The van der Waals surface area contributed by atoms with Crippen molar-refractivity contribution >= 4 is 12.1 Å². The van der Waals surface area contributed by atoms with Crippen LogP contribution in [0, 0.1) is 28.6 Å². The molecule has 4 aliphatic rings. The number of hydrogen-bond acceptors (Lipinski definition) is 4. The fourth-order valence-electron chi connectivity index (χ4n) is 6.77. The van der Waals surface area contributed by atoms with Gasteiger partial charge in [0.05, 0.1) is 17.3 Å². The number of allylic oxidation sites excluding steroid dienone is 4. The third kappa shape index (κ3) is 2.07. The first-order valence-corrected chi connectivity index (χ1v) is 9.48. The van der Waals surface area contributed by atoms with Crippen molar-refractivity contribution in [2.75, 3.05) is 0 Å².